The molecule has 0 atom stereocenters. The molecule has 0 bridgehead atoms. The number of hydrogen-bond acceptors (Lipinski definition) is 5. The summed E-state index contributed by atoms with van der Waals surface area (Å²) in [6, 6.07) is 22.2. The molecular formula is C31H26FN3O5. The summed E-state index contributed by atoms with van der Waals surface area (Å²) in [6.07, 6.45) is 1.60. The summed E-state index contributed by atoms with van der Waals surface area (Å²) in [6.45, 7) is 1.99. The molecule has 2 N–H and O–H groups in total. The first-order valence-corrected chi connectivity index (χ1v) is 12.0. The Morgan fingerprint density at radius 2 is 1.60 bits per heavy atom. The average molecular weight is 540 g/mol. The van der Waals surface area contributed by atoms with E-state index in [1.165, 1.54) is 41.4 Å². The van der Waals surface area contributed by atoms with Gasteiger partial charge in [-0.15, -0.1) is 0 Å². The van der Waals surface area contributed by atoms with E-state index in [1.807, 2.05) is 0 Å². The summed E-state index contributed by atoms with van der Waals surface area (Å²) in [4.78, 5) is 36.6. The maximum absolute atomic E-state index is 13.0. The average Bonchev–Trinajstić information content (AvgIpc) is 3.53. The highest BCUT2D eigenvalue weighted by molar-refractivity contribution is 6.32. The Morgan fingerprint density at radius 1 is 0.950 bits per heavy atom. The third kappa shape index (κ3) is 5.88. The number of aromatic carboxylic acids is 1. The van der Waals surface area contributed by atoms with Gasteiger partial charge in [-0.2, -0.15) is 10.1 Å². The molecule has 0 saturated carbocycles. The molecule has 0 saturated heterocycles. The van der Waals surface area contributed by atoms with Crippen molar-refractivity contribution in [2.45, 2.75) is 20.9 Å². The van der Waals surface area contributed by atoms with Crippen LogP contribution in [-0.4, -0.2) is 28.6 Å². The molecule has 9 heteroatoms. The van der Waals surface area contributed by atoms with Crippen LogP contribution in [0.15, 0.2) is 100 Å². The first-order valence-electron chi connectivity index (χ1n) is 12.0. The monoisotopic (exact) mass is 539 g/mol. The van der Waals surface area contributed by atoms with Crippen LogP contribution in [-0.2, 0) is 11.3 Å². The lowest BCUT2D eigenvalue weighted by Gasteiger charge is -2.11. The molecule has 2 heterocycles. The Labute approximate surface area is 230 Å². The van der Waals surface area contributed by atoms with E-state index in [4.69, 9.17) is 9.52 Å². The van der Waals surface area contributed by atoms with E-state index >= 15 is 0 Å². The zero-order valence-electron chi connectivity index (χ0n) is 20.7. The van der Waals surface area contributed by atoms with Crippen LogP contribution >= 0.6 is 0 Å². The van der Waals surface area contributed by atoms with Crippen molar-refractivity contribution in [1.29, 1.82) is 0 Å². The Bertz CT molecular complexity index is 1620. The fourth-order valence-electron chi connectivity index (χ4n) is 4.00. The van der Waals surface area contributed by atoms with Crippen molar-refractivity contribution in [3.63, 3.8) is 0 Å². The number of nitrogens with one attached hydrogen (secondary N) is 1. The maximum Gasteiger partial charge on any atom is 0.335 e. The lowest BCUT2D eigenvalue weighted by atomic mass is 10.1. The Balaban J connectivity index is 0.00000370. The number of hydrazone groups is 1. The van der Waals surface area contributed by atoms with Crippen molar-refractivity contribution in [2.24, 2.45) is 5.10 Å². The smallest absolute Gasteiger partial charge is 0.335 e. The predicted octanol–water partition coefficient (Wildman–Crippen LogP) is 6.16. The topological polar surface area (TPSA) is 112 Å². The molecule has 8 nitrogen and oxygen atoms in total. The summed E-state index contributed by atoms with van der Waals surface area (Å²) >= 11 is 0. The van der Waals surface area contributed by atoms with Gasteiger partial charge in [0.2, 0.25) is 0 Å². The molecule has 0 radical (unpaired) electrons. The van der Waals surface area contributed by atoms with Gasteiger partial charge >= 0.3 is 5.97 Å². The van der Waals surface area contributed by atoms with E-state index in [-0.39, 0.29) is 37.2 Å². The minimum Gasteiger partial charge on any atom is -0.478 e. The zero-order valence-corrected chi connectivity index (χ0v) is 20.7. The van der Waals surface area contributed by atoms with Crippen molar-refractivity contribution >= 4 is 35.3 Å². The number of carboxylic acids is 1. The number of halogens is 1. The number of benzene rings is 3. The Hall–Kier alpha value is -5.31. The molecule has 4 aromatic rings. The number of rotatable bonds is 7. The van der Waals surface area contributed by atoms with Gasteiger partial charge in [0.15, 0.2) is 0 Å². The highest BCUT2D eigenvalue weighted by Crippen LogP contribution is 2.28. The van der Waals surface area contributed by atoms with Crippen LogP contribution in [0.2, 0.25) is 0 Å². The molecule has 0 fully saturated rings. The second kappa shape index (κ2) is 11.6. The van der Waals surface area contributed by atoms with E-state index in [0.717, 1.165) is 11.1 Å². The second-order valence-electron chi connectivity index (χ2n) is 8.80. The number of hydrogen-bond donors (Lipinski definition) is 2. The quantitative estimate of drug-likeness (QED) is 0.273. The first kappa shape index (κ1) is 27.7. The molecule has 1 aliphatic rings. The van der Waals surface area contributed by atoms with Gasteiger partial charge < -0.3 is 14.8 Å². The molecule has 40 heavy (non-hydrogen) atoms. The van der Waals surface area contributed by atoms with Gasteiger partial charge in [0.05, 0.1) is 22.5 Å². The summed E-state index contributed by atoms with van der Waals surface area (Å²) in [5, 5.41) is 17.4. The van der Waals surface area contributed by atoms with Crippen LogP contribution in [0.3, 0.4) is 0 Å². The SMILES string of the molecule is C.CC1=NN(c2ccc(C(=O)O)cc2)C(=O)/C1=C\c1ccc(-c2ccc(C(=O)NCc3ccc(F)cc3)cc2)o1. The number of amides is 2. The fraction of sp³-hybridized carbons (Fsp3) is 0.0968. The van der Waals surface area contributed by atoms with Crippen molar-refractivity contribution in [1.82, 2.24) is 5.32 Å². The van der Waals surface area contributed by atoms with Crippen LogP contribution in [0, 0.1) is 5.82 Å². The minimum atomic E-state index is -1.05. The Kier molecular flexibility index (Phi) is 8.04. The van der Waals surface area contributed by atoms with Gasteiger partial charge in [0.1, 0.15) is 17.3 Å². The van der Waals surface area contributed by atoms with Crippen LogP contribution in [0.25, 0.3) is 17.4 Å². The summed E-state index contributed by atoms with van der Waals surface area (Å²) in [5.74, 6) is -0.990. The van der Waals surface area contributed by atoms with Gasteiger partial charge in [0.25, 0.3) is 11.8 Å². The Morgan fingerprint density at radius 3 is 2.25 bits per heavy atom. The van der Waals surface area contributed by atoms with Gasteiger partial charge in [-0.3, -0.25) is 9.59 Å². The first-order chi connectivity index (χ1) is 18.8. The molecule has 3 aromatic carbocycles. The van der Waals surface area contributed by atoms with E-state index in [9.17, 15) is 18.8 Å². The summed E-state index contributed by atoms with van der Waals surface area (Å²) in [7, 11) is 0. The van der Waals surface area contributed by atoms with Crippen LogP contribution in [0.4, 0.5) is 10.1 Å². The van der Waals surface area contributed by atoms with Gasteiger partial charge in [0, 0.05) is 17.7 Å². The molecule has 0 unspecified atom stereocenters. The number of furan rings is 1. The second-order valence-corrected chi connectivity index (χ2v) is 8.80. The predicted molar refractivity (Wildman–Crippen MR) is 150 cm³/mol. The maximum atomic E-state index is 13.0. The lowest BCUT2D eigenvalue weighted by molar-refractivity contribution is -0.114. The third-order valence-electron chi connectivity index (χ3n) is 6.13. The standard InChI is InChI=1S/C30H22FN3O5.CH4/c1-18-26(29(36)34(33-18)24-12-8-22(9-13-24)30(37)38)16-25-14-15-27(39-25)20-4-6-21(7-5-20)28(35)32-17-19-2-10-23(31)11-3-19;/h2-16H,17H2,1H3,(H,32,35)(H,37,38);1H4/b26-16-;. The van der Waals surface area contributed by atoms with Crippen molar-refractivity contribution in [3.8, 4) is 11.3 Å². The molecule has 1 aromatic heterocycles. The van der Waals surface area contributed by atoms with E-state index in [2.05, 4.69) is 10.4 Å². The van der Waals surface area contributed by atoms with Crippen LogP contribution in [0.1, 0.15) is 46.4 Å². The van der Waals surface area contributed by atoms with Gasteiger partial charge in [-0.25, -0.2) is 9.18 Å². The molecule has 5 rings (SSSR count). The fourth-order valence-corrected chi connectivity index (χ4v) is 4.00. The number of carbonyl (C=O) groups excluding carboxylic acids is 2. The number of carbonyl (C=O) groups is 3. The van der Waals surface area contributed by atoms with Crippen molar-refractivity contribution in [3.05, 3.63) is 119 Å². The van der Waals surface area contributed by atoms with E-state index < -0.39 is 5.97 Å². The third-order valence-corrected chi connectivity index (χ3v) is 6.13. The molecule has 0 spiro atoms. The summed E-state index contributed by atoms with van der Waals surface area (Å²) in [5.41, 5.74) is 3.42. The minimum absolute atomic E-state index is 0. The molecule has 2 amide bonds. The summed E-state index contributed by atoms with van der Waals surface area (Å²) < 4.78 is 19.0. The van der Waals surface area contributed by atoms with Crippen LogP contribution < -0.4 is 10.3 Å². The number of nitrogens with zero attached hydrogens (tertiary/aromatic N) is 2. The van der Waals surface area contributed by atoms with Crippen LogP contribution in [0.5, 0.6) is 0 Å². The van der Waals surface area contributed by atoms with Gasteiger partial charge in [-0.05, 0) is 79.2 Å². The molecule has 202 valence electrons. The zero-order chi connectivity index (χ0) is 27.5. The highest BCUT2D eigenvalue weighted by atomic mass is 19.1. The molecule has 1 aliphatic heterocycles. The number of carboxylic acid groups (broad SMARTS) is 1. The number of anilines is 1. The largest absolute Gasteiger partial charge is 0.478 e. The highest BCUT2D eigenvalue weighted by Gasteiger charge is 2.29. The molecular weight excluding hydrogens is 513 g/mol. The van der Waals surface area contributed by atoms with E-state index in [0.29, 0.717) is 34.1 Å². The van der Waals surface area contributed by atoms with Crippen molar-refractivity contribution < 1.29 is 28.3 Å². The molecule has 0 aliphatic carbocycles. The lowest BCUT2D eigenvalue weighted by Crippen LogP contribution is -2.22. The normalized spacial score (nSPS) is 13.7. The van der Waals surface area contributed by atoms with Crippen molar-refractivity contribution in [2.75, 3.05) is 5.01 Å². The van der Waals surface area contributed by atoms with Gasteiger partial charge in [-0.1, -0.05) is 31.7 Å². The van der Waals surface area contributed by atoms with E-state index in [1.54, 1.807) is 61.5 Å².